The quantitative estimate of drug-likeness (QED) is 0.535. The average molecular weight is 234 g/mol. The lowest BCUT2D eigenvalue weighted by Gasteiger charge is -2.09. The second kappa shape index (κ2) is 4.94. The van der Waals surface area contributed by atoms with E-state index in [1.807, 2.05) is 45.1 Å². The van der Waals surface area contributed by atoms with Gasteiger partial charge in [-0.2, -0.15) is 0 Å². The standard InChI is InChI=1S/C8H10S4/c1-3-7(9-5-1)11-12-8-4-2-6-10-8/h1-3,6-8H,4-5H2. The van der Waals surface area contributed by atoms with Gasteiger partial charge in [-0.1, -0.05) is 39.8 Å². The highest BCUT2D eigenvalue weighted by Gasteiger charge is 2.16. The summed E-state index contributed by atoms with van der Waals surface area (Å²) in [6, 6.07) is 0. The lowest BCUT2D eigenvalue weighted by Crippen LogP contribution is -1.89. The minimum atomic E-state index is 0.705. The van der Waals surface area contributed by atoms with Gasteiger partial charge in [0.1, 0.15) is 0 Å². The van der Waals surface area contributed by atoms with Crippen molar-refractivity contribution in [2.45, 2.75) is 15.6 Å². The summed E-state index contributed by atoms with van der Waals surface area (Å²) < 4.78 is 1.47. The fourth-order valence-corrected chi connectivity index (χ4v) is 6.51. The third-order valence-corrected chi connectivity index (χ3v) is 7.85. The number of allylic oxidation sites excluding steroid dienone is 1. The molecule has 2 aliphatic rings. The van der Waals surface area contributed by atoms with E-state index >= 15 is 0 Å². The van der Waals surface area contributed by atoms with Gasteiger partial charge < -0.3 is 0 Å². The zero-order valence-corrected chi connectivity index (χ0v) is 9.78. The monoisotopic (exact) mass is 234 g/mol. The molecule has 0 spiro atoms. The molecule has 66 valence electrons. The van der Waals surface area contributed by atoms with E-state index in [0.717, 1.165) is 4.58 Å². The molecule has 0 aromatic carbocycles. The Hall–Kier alpha value is 0.880. The Morgan fingerprint density at radius 1 is 1.25 bits per heavy atom. The molecule has 2 aliphatic heterocycles. The average Bonchev–Trinajstić information content (AvgIpc) is 2.74. The molecule has 0 fully saturated rings. The van der Waals surface area contributed by atoms with Crippen molar-refractivity contribution in [3.05, 3.63) is 23.6 Å². The topological polar surface area (TPSA) is 0 Å². The first-order valence-corrected chi connectivity index (χ1v) is 8.13. The second-order valence-corrected chi connectivity index (χ2v) is 8.00. The predicted molar refractivity (Wildman–Crippen MR) is 65.7 cm³/mol. The summed E-state index contributed by atoms with van der Waals surface area (Å²) in [6.07, 6.45) is 8.09. The molecule has 0 nitrogen and oxygen atoms in total. The van der Waals surface area contributed by atoms with Gasteiger partial charge in [-0.05, 0) is 11.8 Å². The van der Waals surface area contributed by atoms with Gasteiger partial charge >= 0.3 is 0 Å². The van der Waals surface area contributed by atoms with Crippen molar-refractivity contribution in [3.63, 3.8) is 0 Å². The van der Waals surface area contributed by atoms with Crippen LogP contribution in [-0.4, -0.2) is 14.9 Å². The summed E-state index contributed by atoms with van der Waals surface area (Å²) >= 11 is 3.98. The van der Waals surface area contributed by atoms with Gasteiger partial charge in [-0.3, -0.25) is 0 Å². The van der Waals surface area contributed by atoms with Crippen LogP contribution < -0.4 is 0 Å². The van der Waals surface area contributed by atoms with E-state index in [0.29, 0.717) is 4.58 Å². The molecule has 0 saturated heterocycles. The van der Waals surface area contributed by atoms with Crippen LogP contribution >= 0.6 is 45.1 Å². The van der Waals surface area contributed by atoms with E-state index in [1.54, 1.807) is 0 Å². The Morgan fingerprint density at radius 3 is 2.92 bits per heavy atom. The van der Waals surface area contributed by atoms with Crippen molar-refractivity contribution in [1.29, 1.82) is 0 Å². The van der Waals surface area contributed by atoms with Crippen LogP contribution in [0, 0.1) is 0 Å². The zero-order chi connectivity index (χ0) is 8.23. The van der Waals surface area contributed by atoms with E-state index in [-0.39, 0.29) is 0 Å². The van der Waals surface area contributed by atoms with Crippen LogP contribution in [0.5, 0.6) is 0 Å². The highest BCUT2D eigenvalue weighted by molar-refractivity contribution is 8.80. The van der Waals surface area contributed by atoms with Crippen LogP contribution in [0.3, 0.4) is 0 Å². The van der Waals surface area contributed by atoms with Crippen molar-refractivity contribution in [2.75, 3.05) is 5.75 Å². The third kappa shape index (κ3) is 2.69. The highest BCUT2D eigenvalue weighted by Crippen LogP contribution is 2.45. The van der Waals surface area contributed by atoms with Crippen LogP contribution in [0.15, 0.2) is 23.6 Å². The van der Waals surface area contributed by atoms with Crippen molar-refractivity contribution in [1.82, 2.24) is 0 Å². The largest absolute Gasteiger partial charge is 0.138 e. The SMILES string of the molecule is C1=CC(SSC2CC=CS2)SC1. The van der Waals surface area contributed by atoms with Gasteiger partial charge in [0.15, 0.2) is 0 Å². The molecule has 0 aliphatic carbocycles. The predicted octanol–water partition coefficient (Wildman–Crippen LogP) is 3.97. The Labute approximate surface area is 89.8 Å². The minimum absolute atomic E-state index is 0.705. The second-order valence-electron chi connectivity index (χ2n) is 2.50. The van der Waals surface area contributed by atoms with Gasteiger partial charge in [0.25, 0.3) is 0 Å². The molecule has 0 radical (unpaired) electrons. The molecule has 2 atom stereocenters. The summed E-state index contributed by atoms with van der Waals surface area (Å²) in [6.45, 7) is 0. The summed E-state index contributed by atoms with van der Waals surface area (Å²) in [5, 5.41) is 2.22. The van der Waals surface area contributed by atoms with Gasteiger partial charge in [0.2, 0.25) is 0 Å². The van der Waals surface area contributed by atoms with Gasteiger partial charge in [-0.25, -0.2) is 0 Å². The van der Waals surface area contributed by atoms with Crippen molar-refractivity contribution in [2.24, 2.45) is 0 Å². The number of hydrogen-bond acceptors (Lipinski definition) is 4. The van der Waals surface area contributed by atoms with E-state index in [1.165, 1.54) is 12.2 Å². The maximum atomic E-state index is 2.31. The van der Waals surface area contributed by atoms with E-state index in [4.69, 9.17) is 0 Å². The molecule has 0 amide bonds. The van der Waals surface area contributed by atoms with Crippen molar-refractivity contribution in [3.8, 4) is 0 Å². The molecular formula is C8H10S4. The first-order chi connectivity index (χ1) is 5.95. The zero-order valence-electron chi connectivity index (χ0n) is 6.51. The lowest BCUT2D eigenvalue weighted by molar-refractivity contribution is 1.22. The summed E-state index contributed by atoms with van der Waals surface area (Å²) in [5.41, 5.74) is 0. The van der Waals surface area contributed by atoms with E-state index < -0.39 is 0 Å². The van der Waals surface area contributed by atoms with Crippen LogP contribution in [0.25, 0.3) is 0 Å². The summed E-state index contributed by atoms with van der Waals surface area (Å²) in [4.78, 5) is 0. The Morgan fingerprint density at radius 2 is 2.25 bits per heavy atom. The minimum Gasteiger partial charge on any atom is -0.138 e. The first kappa shape index (κ1) is 9.44. The maximum Gasteiger partial charge on any atom is 0.0789 e. The summed E-state index contributed by atoms with van der Waals surface area (Å²) in [5.74, 6) is 1.20. The fraction of sp³-hybridized carbons (Fsp3) is 0.500. The smallest absolute Gasteiger partial charge is 0.0789 e. The molecule has 0 bridgehead atoms. The molecule has 4 heteroatoms. The molecular weight excluding hydrogens is 224 g/mol. The fourth-order valence-electron chi connectivity index (χ4n) is 0.977. The molecule has 2 unspecified atom stereocenters. The number of thioether (sulfide) groups is 2. The molecule has 0 aromatic rings. The lowest BCUT2D eigenvalue weighted by atomic mass is 10.5. The van der Waals surface area contributed by atoms with E-state index in [2.05, 4.69) is 23.6 Å². The van der Waals surface area contributed by atoms with Gasteiger partial charge in [-0.15, -0.1) is 23.5 Å². The van der Waals surface area contributed by atoms with Crippen molar-refractivity contribution >= 4 is 45.1 Å². The maximum absolute atomic E-state index is 2.31. The third-order valence-electron chi connectivity index (χ3n) is 1.56. The normalized spacial score (nSPS) is 33.3. The molecule has 0 saturated carbocycles. The first-order valence-electron chi connectivity index (χ1n) is 3.86. The molecule has 2 rings (SSSR count). The van der Waals surface area contributed by atoms with Crippen LogP contribution in [0.1, 0.15) is 6.42 Å². The summed E-state index contributed by atoms with van der Waals surface area (Å²) in [7, 11) is 4.04. The number of rotatable bonds is 3. The van der Waals surface area contributed by atoms with Gasteiger partial charge in [0.05, 0.1) is 9.16 Å². The molecule has 0 aromatic heterocycles. The van der Waals surface area contributed by atoms with E-state index in [9.17, 15) is 0 Å². The van der Waals surface area contributed by atoms with Gasteiger partial charge in [0, 0.05) is 5.75 Å². The Kier molecular flexibility index (Phi) is 3.88. The van der Waals surface area contributed by atoms with Crippen LogP contribution in [0.4, 0.5) is 0 Å². The van der Waals surface area contributed by atoms with Crippen LogP contribution in [0.2, 0.25) is 0 Å². The van der Waals surface area contributed by atoms with Crippen LogP contribution in [-0.2, 0) is 0 Å². The molecule has 12 heavy (non-hydrogen) atoms. The number of hydrogen-bond donors (Lipinski definition) is 0. The Balaban J connectivity index is 1.64. The highest BCUT2D eigenvalue weighted by atomic mass is 33.1. The molecule has 2 heterocycles. The Bertz CT molecular complexity index is 191. The van der Waals surface area contributed by atoms with Crippen molar-refractivity contribution < 1.29 is 0 Å². The molecule has 0 N–H and O–H groups in total.